The van der Waals surface area contributed by atoms with Crippen LogP contribution < -0.4 is 0 Å². The summed E-state index contributed by atoms with van der Waals surface area (Å²) < 4.78 is 6.04. The Morgan fingerprint density at radius 1 is 0.833 bits per heavy atom. The van der Waals surface area contributed by atoms with Crippen LogP contribution in [0.25, 0.3) is 0 Å². The Labute approximate surface area is 161 Å². The Morgan fingerprint density at radius 2 is 1.46 bits per heavy atom. The third kappa shape index (κ3) is 7.97. The molecule has 2 aliphatic carbocycles. The maximum absolute atomic E-state index is 6.04. The van der Waals surface area contributed by atoms with Gasteiger partial charge in [0.25, 0.3) is 7.42 Å². The van der Waals surface area contributed by atoms with E-state index < -0.39 is 7.42 Å². The summed E-state index contributed by atoms with van der Waals surface area (Å²) >= 11 is 11.7. The molecule has 4 heteroatoms. The van der Waals surface area contributed by atoms with E-state index >= 15 is 0 Å². The van der Waals surface area contributed by atoms with E-state index in [2.05, 4.69) is 6.92 Å². The molecule has 141 valence electrons. The predicted molar refractivity (Wildman–Crippen MR) is 108 cm³/mol. The summed E-state index contributed by atoms with van der Waals surface area (Å²) in [5.74, 6) is 3.05. The number of rotatable bonds is 10. The second-order valence-corrected chi connectivity index (χ2v) is 12.6. The minimum atomic E-state index is -1.11. The molecule has 2 saturated carbocycles. The van der Waals surface area contributed by atoms with Crippen molar-refractivity contribution in [3.8, 4) is 0 Å². The van der Waals surface area contributed by atoms with E-state index in [-0.39, 0.29) is 0 Å². The summed E-state index contributed by atoms with van der Waals surface area (Å²) in [7, 11) is -1.11. The van der Waals surface area contributed by atoms with Gasteiger partial charge in [0, 0.05) is 6.61 Å². The van der Waals surface area contributed by atoms with E-state index in [0.29, 0.717) is 6.10 Å². The minimum absolute atomic E-state index is 0.507. The molecular weight excluding hydrogens is 355 g/mol. The topological polar surface area (TPSA) is 9.23 Å². The Kier molecular flexibility index (Phi) is 10.7. The van der Waals surface area contributed by atoms with Crippen LogP contribution in [0.4, 0.5) is 0 Å². The predicted octanol–water partition coefficient (Wildman–Crippen LogP) is 7.30. The van der Waals surface area contributed by atoms with Gasteiger partial charge in [0.05, 0.1) is 6.10 Å². The maximum Gasteiger partial charge on any atom is 0.273 e. The van der Waals surface area contributed by atoms with E-state index in [1.807, 2.05) is 0 Å². The van der Waals surface area contributed by atoms with Gasteiger partial charge in [-0.15, -0.1) is 22.2 Å². The zero-order valence-corrected chi connectivity index (χ0v) is 18.1. The molecule has 0 aromatic heterocycles. The molecule has 0 amide bonds. The second kappa shape index (κ2) is 12.2. The highest BCUT2D eigenvalue weighted by Crippen LogP contribution is 2.41. The van der Waals surface area contributed by atoms with Crippen molar-refractivity contribution in [2.45, 2.75) is 103 Å². The van der Waals surface area contributed by atoms with Crippen LogP contribution >= 0.6 is 22.2 Å². The van der Waals surface area contributed by atoms with Crippen molar-refractivity contribution in [2.75, 3.05) is 6.61 Å². The average Bonchev–Trinajstić information content (AvgIpc) is 2.60. The van der Waals surface area contributed by atoms with Crippen molar-refractivity contribution < 1.29 is 4.74 Å². The van der Waals surface area contributed by atoms with Gasteiger partial charge >= 0.3 is 0 Å². The zero-order valence-electron chi connectivity index (χ0n) is 15.6. The third-order valence-electron chi connectivity index (χ3n) is 6.36. The van der Waals surface area contributed by atoms with Crippen molar-refractivity contribution in [1.82, 2.24) is 0 Å². The normalized spacial score (nSPS) is 31.5. The van der Waals surface area contributed by atoms with Gasteiger partial charge in [-0.1, -0.05) is 45.4 Å². The number of ether oxygens (including phenoxy) is 1. The average molecular weight is 393 g/mol. The highest BCUT2D eigenvalue weighted by Gasteiger charge is 2.30. The fourth-order valence-corrected chi connectivity index (χ4v) is 6.03. The summed E-state index contributed by atoms with van der Waals surface area (Å²) in [6.07, 6.45) is 18.7. The van der Waals surface area contributed by atoms with E-state index in [9.17, 15) is 0 Å². The molecule has 2 rings (SSSR count). The standard InChI is InChI=1S/C20H37Cl2OSi/c1-2-3-4-6-17-7-9-18(10-8-17)19-11-13-20(14-12-19)23-15-5-16-24(21)22/h17-20H,2-16H2,1H3. The van der Waals surface area contributed by atoms with Gasteiger partial charge < -0.3 is 4.74 Å². The molecule has 0 bridgehead atoms. The van der Waals surface area contributed by atoms with Gasteiger partial charge in [-0.25, -0.2) is 0 Å². The largest absolute Gasteiger partial charge is 0.378 e. The first kappa shape index (κ1) is 21.1. The van der Waals surface area contributed by atoms with Gasteiger partial charge in [0.15, 0.2) is 0 Å². The summed E-state index contributed by atoms with van der Waals surface area (Å²) in [6.45, 7) is 3.16. The molecule has 0 spiro atoms. The van der Waals surface area contributed by atoms with Gasteiger partial charge in [-0.05, 0) is 68.7 Å². The quantitative estimate of drug-likeness (QED) is 0.215. The van der Waals surface area contributed by atoms with Crippen LogP contribution in [0.3, 0.4) is 0 Å². The molecule has 0 aromatic carbocycles. The molecule has 0 aromatic rings. The Morgan fingerprint density at radius 3 is 2.04 bits per heavy atom. The summed E-state index contributed by atoms with van der Waals surface area (Å²) in [5.41, 5.74) is 0. The van der Waals surface area contributed by atoms with Crippen LogP contribution in [0, 0.1) is 17.8 Å². The first-order chi connectivity index (χ1) is 11.7. The van der Waals surface area contributed by atoms with Crippen LogP contribution in [0.15, 0.2) is 0 Å². The first-order valence-electron chi connectivity index (χ1n) is 10.5. The molecule has 0 heterocycles. The fourth-order valence-electron chi connectivity index (χ4n) is 4.81. The fraction of sp³-hybridized carbons (Fsp3) is 1.00. The van der Waals surface area contributed by atoms with E-state index in [1.54, 1.807) is 0 Å². The van der Waals surface area contributed by atoms with Crippen molar-refractivity contribution in [1.29, 1.82) is 0 Å². The number of hydrogen-bond donors (Lipinski definition) is 0. The number of unbranched alkanes of at least 4 members (excludes halogenated alkanes) is 2. The smallest absolute Gasteiger partial charge is 0.273 e. The van der Waals surface area contributed by atoms with Gasteiger partial charge in [0.1, 0.15) is 0 Å². The maximum atomic E-state index is 6.04. The molecule has 0 saturated heterocycles. The molecule has 0 aliphatic heterocycles. The molecule has 0 N–H and O–H groups in total. The second-order valence-electron chi connectivity index (χ2n) is 8.13. The van der Waals surface area contributed by atoms with Crippen LogP contribution in [0.5, 0.6) is 0 Å². The number of hydrogen-bond acceptors (Lipinski definition) is 1. The lowest BCUT2D eigenvalue weighted by Crippen LogP contribution is -2.28. The monoisotopic (exact) mass is 391 g/mol. The van der Waals surface area contributed by atoms with E-state index in [0.717, 1.165) is 36.8 Å². The Balaban J connectivity index is 1.55. The molecular formula is C20H37Cl2OSi. The van der Waals surface area contributed by atoms with Crippen molar-refractivity contribution in [2.24, 2.45) is 17.8 Å². The molecule has 0 atom stereocenters. The first-order valence-corrected chi connectivity index (χ1v) is 14.2. The lowest BCUT2D eigenvalue weighted by Gasteiger charge is -2.38. The van der Waals surface area contributed by atoms with Crippen LogP contribution in [-0.2, 0) is 4.74 Å². The molecule has 1 nitrogen and oxygen atoms in total. The van der Waals surface area contributed by atoms with Crippen molar-refractivity contribution in [3.05, 3.63) is 0 Å². The Bertz CT molecular complexity index is 311. The summed E-state index contributed by atoms with van der Waals surface area (Å²) in [6, 6.07) is 0.949. The molecule has 0 unspecified atom stereocenters. The van der Waals surface area contributed by atoms with Gasteiger partial charge in [0.2, 0.25) is 0 Å². The highest BCUT2D eigenvalue weighted by molar-refractivity contribution is 7.33. The minimum Gasteiger partial charge on any atom is -0.378 e. The van der Waals surface area contributed by atoms with Crippen LogP contribution in [0.2, 0.25) is 6.04 Å². The van der Waals surface area contributed by atoms with Gasteiger partial charge in [-0.2, -0.15) is 0 Å². The van der Waals surface area contributed by atoms with Gasteiger partial charge in [-0.3, -0.25) is 0 Å². The van der Waals surface area contributed by atoms with Crippen LogP contribution in [0.1, 0.15) is 90.4 Å². The van der Waals surface area contributed by atoms with Crippen LogP contribution in [-0.4, -0.2) is 20.1 Å². The molecule has 2 fully saturated rings. The van der Waals surface area contributed by atoms with E-state index in [4.69, 9.17) is 26.9 Å². The third-order valence-corrected chi connectivity index (χ3v) is 8.22. The van der Waals surface area contributed by atoms with E-state index in [1.165, 1.54) is 77.0 Å². The molecule has 24 heavy (non-hydrogen) atoms. The lowest BCUT2D eigenvalue weighted by molar-refractivity contribution is 0.00728. The number of halogens is 2. The van der Waals surface area contributed by atoms with Crippen molar-refractivity contribution >= 4 is 29.6 Å². The SMILES string of the molecule is CCCCCC1CCC(C2CCC(OCCC[Si](Cl)Cl)CC2)CC1. The highest BCUT2D eigenvalue weighted by atomic mass is 35.7. The zero-order chi connectivity index (χ0) is 17.2. The van der Waals surface area contributed by atoms with Crippen molar-refractivity contribution in [3.63, 3.8) is 0 Å². The summed E-state index contributed by atoms with van der Waals surface area (Å²) in [4.78, 5) is 0. The molecule has 2 aliphatic rings. The summed E-state index contributed by atoms with van der Waals surface area (Å²) in [5, 5.41) is 0. The Hall–Kier alpha value is 0.757. The lowest BCUT2D eigenvalue weighted by atomic mass is 9.70. The molecule has 1 radical (unpaired) electrons.